The van der Waals surface area contributed by atoms with E-state index >= 15 is 0 Å². The molecule has 1 atom stereocenters. The first kappa shape index (κ1) is 13.6. The number of amides is 1. The number of aromatic nitrogens is 2. The van der Waals surface area contributed by atoms with E-state index in [0.717, 1.165) is 29.7 Å². The fourth-order valence-corrected chi connectivity index (χ4v) is 2.12. The van der Waals surface area contributed by atoms with Crippen LogP contribution in [0.3, 0.4) is 0 Å². The molecule has 19 heavy (non-hydrogen) atoms. The molecule has 4 heteroatoms. The van der Waals surface area contributed by atoms with E-state index in [0.29, 0.717) is 5.56 Å². The second-order valence-corrected chi connectivity index (χ2v) is 4.93. The van der Waals surface area contributed by atoms with Gasteiger partial charge in [-0.15, -0.1) is 0 Å². The van der Waals surface area contributed by atoms with Crippen LogP contribution in [0.4, 0.5) is 0 Å². The Balaban J connectivity index is 2.34. The van der Waals surface area contributed by atoms with Gasteiger partial charge < -0.3 is 9.88 Å². The Morgan fingerprint density at radius 1 is 1.42 bits per heavy atom. The number of hydrogen-bond acceptors (Lipinski definition) is 2. The zero-order chi connectivity index (χ0) is 14.0. The second kappa shape index (κ2) is 5.43. The van der Waals surface area contributed by atoms with Gasteiger partial charge in [-0.3, -0.25) is 4.79 Å². The van der Waals surface area contributed by atoms with Gasteiger partial charge in [-0.1, -0.05) is 13.8 Å². The number of aryl methyl sites for hydroxylation is 2. The number of carbonyl (C=O) groups excluding carboxylic acids is 1. The van der Waals surface area contributed by atoms with Crippen molar-refractivity contribution in [1.29, 1.82) is 0 Å². The number of rotatable bonds is 4. The Morgan fingerprint density at radius 3 is 2.79 bits per heavy atom. The second-order valence-electron chi connectivity index (χ2n) is 4.93. The van der Waals surface area contributed by atoms with E-state index in [-0.39, 0.29) is 11.9 Å². The molecule has 0 aliphatic heterocycles. The summed E-state index contributed by atoms with van der Waals surface area (Å²) in [7, 11) is 2.01. The van der Waals surface area contributed by atoms with Gasteiger partial charge >= 0.3 is 0 Å². The summed E-state index contributed by atoms with van der Waals surface area (Å²) in [6, 6.07) is 5.89. The summed E-state index contributed by atoms with van der Waals surface area (Å²) in [5.41, 5.74) is 2.63. The molecule has 0 unspecified atom stereocenters. The number of nitrogens with one attached hydrogen (secondary N) is 1. The first-order valence-electron chi connectivity index (χ1n) is 6.83. The molecule has 1 aromatic carbocycles. The minimum atomic E-state index is -0.0278. The van der Waals surface area contributed by atoms with Gasteiger partial charge in [0.2, 0.25) is 0 Å². The quantitative estimate of drug-likeness (QED) is 0.917. The highest BCUT2D eigenvalue weighted by atomic mass is 16.1. The lowest BCUT2D eigenvalue weighted by Gasteiger charge is -2.11. The lowest BCUT2D eigenvalue weighted by atomic mass is 10.1. The van der Waals surface area contributed by atoms with E-state index in [1.807, 2.05) is 32.2 Å². The Morgan fingerprint density at radius 2 is 2.16 bits per heavy atom. The number of fused-ring (bicyclic) bond motifs is 1. The molecule has 0 bridgehead atoms. The maximum atomic E-state index is 12.1. The Labute approximate surface area is 113 Å². The smallest absolute Gasteiger partial charge is 0.251 e. The van der Waals surface area contributed by atoms with Gasteiger partial charge in [0.25, 0.3) is 5.91 Å². The number of hydrogen-bond donors (Lipinski definition) is 1. The zero-order valence-corrected chi connectivity index (χ0v) is 12.0. The molecule has 0 aliphatic carbocycles. The van der Waals surface area contributed by atoms with Gasteiger partial charge in [-0.2, -0.15) is 0 Å². The van der Waals surface area contributed by atoms with Crippen LogP contribution in [-0.4, -0.2) is 21.5 Å². The molecule has 2 aromatic rings. The summed E-state index contributed by atoms with van der Waals surface area (Å²) in [5, 5.41) is 2.97. The Hall–Kier alpha value is -1.84. The largest absolute Gasteiger partial charge is 0.350 e. The van der Waals surface area contributed by atoms with E-state index < -0.39 is 0 Å². The highest BCUT2D eigenvalue weighted by Gasteiger charge is 2.12. The van der Waals surface area contributed by atoms with E-state index in [1.165, 1.54) is 0 Å². The van der Waals surface area contributed by atoms with E-state index in [4.69, 9.17) is 0 Å². The summed E-state index contributed by atoms with van der Waals surface area (Å²) < 4.78 is 2.08. The maximum absolute atomic E-state index is 12.1. The maximum Gasteiger partial charge on any atom is 0.251 e. The molecule has 2 rings (SSSR count). The van der Waals surface area contributed by atoms with Crippen LogP contribution < -0.4 is 5.32 Å². The normalized spacial score (nSPS) is 12.6. The summed E-state index contributed by atoms with van der Waals surface area (Å²) in [4.78, 5) is 16.6. The lowest BCUT2D eigenvalue weighted by Crippen LogP contribution is -2.31. The molecule has 102 valence electrons. The first-order chi connectivity index (χ1) is 9.06. The predicted octanol–water partition coefficient (Wildman–Crippen LogP) is 2.66. The fourth-order valence-electron chi connectivity index (χ4n) is 2.12. The zero-order valence-electron chi connectivity index (χ0n) is 12.0. The van der Waals surface area contributed by atoms with Crippen LogP contribution in [0.1, 0.15) is 43.4 Å². The lowest BCUT2D eigenvalue weighted by molar-refractivity contribution is 0.0939. The standard InChI is InChI=1S/C15H21N3O/c1-5-10(3)16-15(19)11-7-8-13-12(9-11)17-14(6-2)18(13)4/h7-10H,5-6H2,1-4H3,(H,16,19)/t10-/m0/s1. The van der Waals surface area contributed by atoms with Crippen molar-refractivity contribution in [3.05, 3.63) is 29.6 Å². The summed E-state index contributed by atoms with van der Waals surface area (Å²) in [6.07, 6.45) is 1.82. The molecule has 0 aliphatic rings. The first-order valence-corrected chi connectivity index (χ1v) is 6.83. The molecule has 4 nitrogen and oxygen atoms in total. The number of imidazole rings is 1. The monoisotopic (exact) mass is 259 g/mol. The summed E-state index contributed by atoms with van der Waals surface area (Å²) >= 11 is 0. The van der Waals surface area contributed by atoms with Gasteiger partial charge in [0.1, 0.15) is 5.82 Å². The minimum absolute atomic E-state index is 0.0278. The highest BCUT2D eigenvalue weighted by molar-refractivity contribution is 5.97. The van der Waals surface area contributed by atoms with Crippen molar-refractivity contribution >= 4 is 16.9 Å². The Kier molecular flexibility index (Phi) is 3.88. The van der Waals surface area contributed by atoms with Crippen molar-refractivity contribution in [3.63, 3.8) is 0 Å². The van der Waals surface area contributed by atoms with Crippen molar-refractivity contribution in [2.45, 2.75) is 39.7 Å². The fraction of sp³-hybridized carbons (Fsp3) is 0.467. The summed E-state index contributed by atoms with van der Waals surface area (Å²) in [5.74, 6) is 1.01. The highest BCUT2D eigenvalue weighted by Crippen LogP contribution is 2.17. The number of carbonyl (C=O) groups is 1. The third kappa shape index (κ3) is 2.62. The van der Waals surface area contributed by atoms with Gasteiger partial charge in [0, 0.05) is 25.1 Å². The van der Waals surface area contributed by atoms with Crippen molar-refractivity contribution in [2.24, 2.45) is 7.05 Å². The number of nitrogens with zero attached hydrogens (tertiary/aromatic N) is 2. The third-order valence-electron chi connectivity index (χ3n) is 3.54. The van der Waals surface area contributed by atoms with Crippen molar-refractivity contribution < 1.29 is 4.79 Å². The molecule has 0 spiro atoms. The molecule has 1 amide bonds. The average Bonchev–Trinajstić information content (AvgIpc) is 2.74. The molecule has 1 aromatic heterocycles. The third-order valence-corrected chi connectivity index (χ3v) is 3.54. The Bertz CT molecular complexity index is 601. The van der Waals surface area contributed by atoms with Crippen LogP contribution in [-0.2, 0) is 13.5 Å². The molecular weight excluding hydrogens is 238 g/mol. The minimum Gasteiger partial charge on any atom is -0.350 e. The van der Waals surface area contributed by atoms with Crippen molar-refractivity contribution in [2.75, 3.05) is 0 Å². The van der Waals surface area contributed by atoms with Gasteiger partial charge in [0.15, 0.2) is 0 Å². The predicted molar refractivity (Wildman–Crippen MR) is 77.3 cm³/mol. The molecule has 1 N–H and O–H groups in total. The molecule has 1 heterocycles. The molecular formula is C15H21N3O. The van der Waals surface area contributed by atoms with Gasteiger partial charge in [-0.25, -0.2) is 4.98 Å². The topological polar surface area (TPSA) is 46.9 Å². The number of benzene rings is 1. The SMILES string of the molecule is CCc1nc2cc(C(=O)N[C@@H](C)CC)ccc2n1C. The summed E-state index contributed by atoms with van der Waals surface area (Å²) in [6.45, 7) is 6.14. The van der Waals surface area contributed by atoms with Crippen LogP contribution in [0.5, 0.6) is 0 Å². The van der Waals surface area contributed by atoms with Crippen molar-refractivity contribution in [3.8, 4) is 0 Å². The molecule has 0 saturated carbocycles. The molecule has 0 fully saturated rings. The van der Waals surface area contributed by atoms with Crippen LogP contribution in [0, 0.1) is 0 Å². The average molecular weight is 259 g/mol. The van der Waals surface area contributed by atoms with Gasteiger partial charge in [0.05, 0.1) is 11.0 Å². The van der Waals surface area contributed by atoms with Crippen LogP contribution in [0.15, 0.2) is 18.2 Å². The molecule has 0 radical (unpaired) electrons. The van der Waals surface area contributed by atoms with Crippen LogP contribution in [0.2, 0.25) is 0 Å². The van der Waals surface area contributed by atoms with E-state index in [9.17, 15) is 4.79 Å². The van der Waals surface area contributed by atoms with Crippen LogP contribution >= 0.6 is 0 Å². The van der Waals surface area contributed by atoms with E-state index in [1.54, 1.807) is 0 Å². The van der Waals surface area contributed by atoms with Crippen LogP contribution in [0.25, 0.3) is 11.0 Å². The molecule has 0 saturated heterocycles. The van der Waals surface area contributed by atoms with E-state index in [2.05, 4.69) is 28.7 Å². The van der Waals surface area contributed by atoms with Crippen molar-refractivity contribution in [1.82, 2.24) is 14.9 Å². The van der Waals surface area contributed by atoms with Gasteiger partial charge in [-0.05, 0) is 31.5 Å².